The number of fused-ring (bicyclic) bond motifs is 1. The first-order chi connectivity index (χ1) is 24.6. The molecule has 5 aromatic rings. The van der Waals surface area contributed by atoms with E-state index in [0.717, 1.165) is 16.7 Å². The molecule has 2 atom stereocenters. The summed E-state index contributed by atoms with van der Waals surface area (Å²) in [7, 11) is 8.88. The fraction of sp³-hybridized carbons (Fsp3) is 0.333. The van der Waals surface area contributed by atoms with Crippen LogP contribution >= 0.6 is 12.4 Å². The lowest BCUT2D eigenvalue weighted by atomic mass is 9.77. The highest BCUT2D eigenvalue weighted by atomic mass is 35.5. The summed E-state index contributed by atoms with van der Waals surface area (Å²) in [6.45, 7) is 6.06. The van der Waals surface area contributed by atoms with E-state index in [1.165, 1.54) is 42.6 Å². The van der Waals surface area contributed by atoms with E-state index in [4.69, 9.17) is 9.84 Å². The van der Waals surface area contributed by atoms with Gasteiger partial charge in [-0.3, -0.25) is 23.5 Å². The maximum Gasteiger partial charge on any atom is 0.339 e. The van der Waals surface area contributed by atoms with Crippen molar-refractivity contribution >= 4 is 41.5 Å². The Hall–Kier alpha value is -5.53. The molecule has 0 saturated heterocycles. The summed E-state index contributed by atoms with van der Waals surface area (Å²) in [4.78, 5) is 62.8. The summed E-state index contributed by atoms with van der Waals surface area (Å²) in [6, 6.07) is 26.4. The highest BCUT2D eigenvalue weighted by Gasteiger charge is 2.42. The topological polar surface area (TPSA) is 155 Å². The fourth-order valence-electron chi connectivity index (χ4n) is 5.70. The second-order valence-corrected chi connectivity index (χ2v) is 12.5. The van der Waals surface area contributed by atoms with Crippen LogP contribution in [0.4, 0.5) is 0 Å². The number of para-hydroxylation sites is 1. The number of esters is 2. The van der Waals surface area contributed by atoms with Gasteiger partial charge in [0.1, 0.15) is 16.9 Å². The number of hydrogen-bond acceptors (Lipinski definition) is 9. The van der Waals surface area contributed by atoms with E-state index in [9.17, 15) is 24.0 Å². The maximum atomic E-state index is 12.3. The lowest BCUT2D eigenvalue weighted by molar-refractivity contribution is -0.168. The number of nitrogens with zero attached hydrogens (tertiary/aromatic N) is 5. The van der Waals surface area contributed by atoms with Crippen LogP contribution in [0.15, 0.2) is 101 Å². The molecular formula is C39H48ClN5O8. The maximum absolute atomic E-state index is 12.3. The number of benzene rings is 3. The molecule has 0 unspecified atom stereocenters. The molecule has 0 aliphatic heterocycles. The molecule has 0 spiro atoms. The Morgan fingerprint density at radius 1 is 0.887 bits per heavy atom. The summed E-state index contributed by atoms with van der Waals surface area (Å²) >= 11 is 0. The average Bonchev–Trinajstić information content (AvgIpc) is 3.51. The van der Waals surface area contributed by atoms with E-state index < -0.39 is 17.5 Å². The van der Waals surface area contributed by atoms with E-state index in [0.29, 0.717) is 24.0 Å². The third-order valence-electron chi connectivity index (χ3n) is 8.28. The first-order valence-electron chi connectivity index (χ1n) is 16.7. The number of imidazole rings is 1. The van der Waals surface area contributed by atoms with Gasteiger partial charge in [-0.1, -0.05) is 86.6 Å². The van der Waals surface area contributed by atoms with Crippen molar-refractivity contribution in [1.29, 1.82) is 0 Å². The number of carboxylic acids is 1. The number of carboxylic acid groups (broad SMARTS) is 1. The van der Waals surface area contributed by atoms with E-state index >= 15 is 0 Å². The van der Waals surface area contributed by atoms with Crippen LogP contribution in [-0.4, -0.2) is 67.2 Å². The summed E-state index contributed by atoms with van der Waals surface area (Å²) in [5.41, 5.74) is 1.70. The molecule has 3 aromatic carbocycles. The number of aromatic carboxylic acids is 1. The zero-order chi connectivity index (χ0) is 38.6. The van der Waals surface area contributed by atoms with Crippen molar-refractivity contribution < 1.29 is 29.0 Å². The monoisotopic (exact) mass is 749 g/mol. The van der Waals surface area contributed by atoms with Crippen LogP contribution in [0.3, 0.4) is 0 Å². The minimum absolute atomic E-state index is 0. The zero-order valence-electron chi connectivity index (χ0n) is 31.3. The van der Waals surface area contributed by atoms with Gasteiger partial charge in [-0.2, -0.15) is 0 Å². The van der Waals surface area contributed by atoms with Gasteiger partial charge in [-0.05, 0) is 37.4 Å². The van der Waals surface area contributed by atoms with Gasteiger partial charge in [0.25, 0.3) is 5.56 Å². The van der Waals surface area contributed by atoms with Crippen LogP contribution < -0.4 is 16.0 Å². The van der Waals surface area contributed by atoms with Crippen LogP contribution in [0.1, 0.15) is 48.7 Å². The van der Waals surface area contributed by atoms with E-state index in [-0.39, 0.29) is 46.9 Å². The molecule has 53 heavy (non-hydrogen) atoms. The van der Waals surface area contributed by atoms with Crippen LogP contribution in [0, 0.1) is 5.92 Å². The Balaban J connectivity index is 0.000000295. The zero-order valence-corrected chi connectivity index (χ0v) is 32.1. The predicted octanol–water partition coefficient (Wildman–Crippen LogP) is 4.98. The standard InChI is InChI=1S/C22H29NO2.C9H8O4.C8H10N4O2.ClH/c1-5-21(24)25-22(18(2)17-23(3)4,20-14-10-7-11-15-20)16-19-12-8-6-9-13-19;1-6(10)13-8-5-3-2-4-7(8)9(11)12;1-10-4-9-6-5(10)7(13)12(3)8(14)11(6)2;/h6-15,18H,5,16-17H2,1-4H3;2-5H,1H3,(H,11,12);4H,1-3H3;1H/t18-,22+;;;/m1.../s1. The van der Waals surface area contributed by atoms with Gasteiger partial charge in [0.05, 0.1) is 6.33 Å². The number of carbonyl (C=O) groups is 3. The van der Waals surface area contributed by atoms with E-state index in [2.05, 4.69) is 59.9 Å². The van der Waals surface area contributed by atoms with Gasteiger partial charge < -0.3 is 24.0 Å². The van der Waals surface area contributed by atoms with Crippen LogP contribution in [0.5, 0.6) is 5.75 Å². The Bertz CT molecular complexity index is 2090. The minimum Gasteiger partial charge on any atom is -0.478 e. The van der Waals surface area contributed by atoms with Gasteiger partial charge >= 0.3 is 23.6 Å². The molecule has 14 heteroatoms. The van der Waals surface area contributed by atoms with Crippen molar-refractivity contribution in [3.63, 3.8) is 0 Å². The fourth-order valence-corrected chi connectivity index (χ4v) is 5.70. The van der Waals surface area contributed by atoms with Crippen LogP contribution in [0.25, 0.3) is 11.2 Å². The molecule has 1 N–H and O–H groups in total. The number of aryl methyl sites for hydroxylation is 2. The molecule has 2 heterocycles. The van der Waals surface area contributed by atoms with Crippen molar-refractivity contribution in [1.82, 2.24) is 23.6 Å². The lowest BCUT2D eigenvalue weighted by Crippen LogP contribution is -2.44. The van der Waals surface area contributed by atoms with Crippen LogP contribution in [-0.2, 0) is 47.5 Å². The van der Waals surface area contributed by atoms with Gasteiger partial charge in [0.2, 0.25) is 0 Å². The molecule has 5 rings (SSSR count). The highest BCUT2D eigenvalue weighted by molar-refractivity contribution is 5.91. The molecule has 13 nitrogen and oxygen atoms in total. The number of rotatable bonds is 10. The summed E-state index contributed by atoms with van der Waals surface area (Å²) < 4.78 is 14.9. The normalized spacial score (nSPS) is 12.2. The molecule has 0 saturated carbocycles. The van der Waals surface area contributed by atoms with Crippen molar-refractivity contribution in [2.45, 2.75) is 39.2 Å². The molecule has 0 amide bonds. The summed E-state index contributed by atoms with van der Waals surface area (Å²) in [5.74, 6) is -1.60. The van der Waals surface area contributed by atoms with E-state index in [1.54, 1.807) is 30.8 Å². The smallest absolute Gasteiger partial charge is 0.339 e. The molecule has 2 aromatic heterocycles. The molecule has 284 valence electrons. The Morgan fingerprint density at radius 2 is 1.45 bits per heavy atom. The Morgan fingerprint density at radius 3 is 2.00 bits per heavy atom. The van der Waals surface area contributed by atoms with Crippen molar-refractivity contribution in [3.05, 3.63) is 129 Å². The SMILES string of the molecule is CC(=O)Oc1ccccc1C(=O)O.CCC(=O)O[C@](Cc1ccccc1)(c1ccccc1)[C@H](C)CN(C)C.Cl.Cn1c(=O)c2c(ncn2C)n(C)c1=O. The third kappa shape index (κ3) is 11.2. The largest absolute Gasteiger partial charge is 0.478 e. The minimum atomic E-state index is -1.11. The molecule has 0 radical (unpaired) electrons. The molecular weight excluding hydrogens is 702 g/mol. The first kappa shape index (κ1) is 43.6. The second-order valence-electron chi connectivity index (χ2n) is 12.5. The first-order valence-corrected chi connectivity index (χ1v) is 16.7. The summed E-state index contributed by atoms with van der Waals surface area (Å²) in [6.07, 6.45) is 2.56. The predicted molar refractivity (Wildman–Crippen MR) is 206 cm³/mol. The quantitative estimate of drug-likeness (QED) is 0.153. The van der Waals surface area contributed by atoms with Gasteiger partial charge in [0.15, 0.2) is 11.2 Å². The second kappa shape index (κ2) is 19.9. The van der Waals surface area contributed by atoms with Gasteiger partial charge in [-0.25, -0.2) is 14.6 Å². The number of ether oxygens (including phenoxy) is 2. The lowest BCUT2D eigenvalue weighted by Gasteiger charge is -2.40. The van der Waals surface area contributed by atoms with Crippen molar-refractivity contribution in [2.24, 2.45) is 27.1 Å². The van der Waals surface area contributed by atoms with Gasteiger partial charge in [-0.15, -0.1) is 12.4 Å². The third-order valence-corrected chi connectivity index (χ3v) is 8.28. The summed E-state index contributed by atoms with van der Waals surface area (Å²) in [5, 5.41) is 8.69. The molecule has 0 aliphatic rings. The average molecular weight is 750 g/mol. The van der Waals surface area contributed by atoms with Crippen molar-refractivity contribution in [3.8, 4) is 5.75 Å². The molecule has 0 bridgehead atoms. The molecule has 0 aliphatic carbocycles. The Kier molecular flexibility index (Phi) is 16.4. The number of carbonyl (C=O) groups excluding carboxylic acids is 2. The van der Waals surface area contributed by atoms with E-state index in [1.807, 2.05) is 43.3 Å². The highest BCUT2D eigenvalue weighted by Crippen LogP contribution is 2.38. The van der Waals surface area contributed by atoms with Crippen LogP contribution in [0.2, 0.25) is 0 Å². The number of halogens is 1. The number of aromatic nitrogens is 4. The van der Waals surface area contributed by atoms with Gasteiger partial charge in [0, 0.05) is 53.4 Å². The molecule has 0 fully saturated rings. The number of hydrogen-bond donors (Lipinski definition) is 1. The Labute approximate surface area is 314 Å². The van der Waals surface area contributed by atoms with Crippen molar-refractivity contribution in [2.75, 3.05) is 20.6 Å².